The Bertz CT molecular complexity index is 259. The van der Waals surface area contributed by atoms with Gasteiger partial charge in [-0.05, 0) is 6.42 Å². The first-order valence-electron chi connectivity index (χ1n) is 5.61. The second-order valence-electron chi connectivity index (χ2n) is 4.07. The van der Waals surface area contributed by atoms with Crippen molar-refractivity contribution in [3.8, 4) is 0 Å². The molecule has 1 aliphatic rings. The number of carbonyl (C=O) groups excluding carboxylic acids is 1. The highest BCUT2D eigenvalue weighted by molar-refractivity contribution is 5.76. The minimum Gasteiger partial charge on any atom is -0.394 e. The van der Waals surface area contributed by atoms with E-state index in [0.29, 0.717) is 6.42 Å². The number of hydrogen-bond donors (Lipinski definition) is 5. The largest absolute Gasteiger partial charge is 0.394 e. The molecule has 0 aromatic rings. The predicted molar refractivity (Wildman–Crippen MR) is 56.8 cm³/mol. The van der Waals surface area contributed by atoms with Gasteiger partial charge in [0.1, 0.15) is 24.4 Å². The van der Waals surface area contributed by atoms with Crippen molar-refractivity contribution in [3.63, 3.8) is 0 Å². The van der Waals surface area contributed by atoms with Gasteiger partial charge < -0.3 is 30.5 Å². The zero-order valence-electron chi connectivity index (χ0n) is 9.61. The molecule has 1 heterocycles. The number of amides is 1. The normalized spacial score (nSPS) is 37.8. The summed E-state index contributed by atoms with van der Waals surface area (Å²) in [6.07, 6.45) is -5.50. The van der Waals surface area contributed by atoms with E-state index in [0.717, 1.165) is 0 Å². The first-order chi connectivity index (χ1) is 8.01. The van der Waals surface area contributed by atoms with E-state index in [1.807, 2.05) is 6.92 Å². The molecule has 7 nitrogen and oxygen atoms in total. The van der Waals surface area contributed by atoms with Crippen LogP contribution in [-0.4, -0.2) is 63.6 Å². The molecule has 1 saturated heterocycles. The zero-order chi connectivity index (χ0) is 13.0. The molecule has 0 radical (unpaired) electrons. The molecule has 0 bridgehead atoms. The zero-order valence-corrected chi connectivity index (χ0v) is 9.61. The van der Waals surface area contributed by atoms with Gasteiger partial charge in [0.2, 0.25) is 5.91 Å². The Balaban J connectivity index is 2.62. The van der Waals surface area contributed by atoms with E-state index in [1.165, 1.54) is 0 Å². The fourth-order valence-corrected chi connectivity index (χ4v) is 1.68. The number of hydrogen-bond acceptors (Lipinski definition) is 6. The Morgan fingerprint density at radius 3 is 2.41 bits per heavy atom. The van der Waals surface area contributed by atoms with Crippen LogP contribution in [0, 0.1) is 0 Å². The van der Waals surface area contributed by atoms with Crippen molar-refractivity contribution in [1.82, 2.24) is 5.32 Å². The van der Waals surface area contributed by atoms with Crippen LogP contribution in [0.1, 0.15) is 19.8 Å². The lowest BCUT2D eigenvalue weighted by Gasteiger charge is -2.40. The maximum Gasteiger partial charge on any atom is 0.222 e. The molecule has 1 aliphatic heterocycles. The maximum absolute atomic E-state index is 11.3. The number of ether oxygens (including phenoxy) is 1. The summed E-state index contributed by atoms with van der Waals surface area (Å²) < 4.78 is 5.11. The average Bonchev–Trinajstić information content (AvgIpc) is 2.30. The standard InChI is InChI=1S/C10H19NO6/c1-2-3-6(13)11-10-9(16)8(15)7(14)5(4-12)17-10/h5,7-10,12,14-16H,2-4H2,1H3,(H,11,13)/t5-,7-,8+,9-,10-/m0/s1. The van der Waals surface area contributed by atoms with Gasteiger partial charge in [-0.3, -0.25) is 4.79 Å². The van der Waals surface area contributed by atoms with Crippen molar-refractivity contribution >= 4 is 5.91 Å². The second-order valence-corrected chi connectivity index (χ2v) is 4.07. The van der Waals surface area contributed by atoms with Crippen molar-refractivity contribution in [2.45, 2.75) is 50.4 Å². The lowest BCUT2D eigenvalue weighted by atomic mass is 9.98. The third-order valence-electron chi connectivity index (χ3n) is 2.67. The summed E-state index contributed by atoms with van der Waals surface area (Å²) in [6.45, 7) is 1.32. The monoisotopic (exact) mass is 249 g/mol. The van der Waals surface area contributed by atoms with Crippen LogP contribution in [0.4, 0.5) is 0 Å². The molecular formula is C10H19NO6. The molecular weight excluding hydrogens is 230 g/mol. The van der Waals surface area contributed by atoms with Crippen molar-refractivity contribution in [3.05, 3.63) is 0 Å². The van der Waals surface area contributed by atoms with Crippen molar-refractivity contribution in [1.29, 1.82) is 0 Å². The molecule has 17 heavy (non-hydrogen) atoms. The van der Waals surface area contributed by atoms with Crippen molar-refractivity contribution in [2.24, 2.45) is 0 Å². The molecule has 0 spiro atoms. The van der Waals surface area contributed by atoms with Gasteiger partial charge in [-0.25, -0.2) is 0 Å². The lowest BCUT2D eigenvalue weighted by Crippen LogP contribution is -2.63. The Hall–Kier alpha value is -0.730. The smallest absolute Gasteiger partial charge is 0.222 e. The fourth-order valence-electron chi connectivity index (χ4n) is 1.68. The summed E-state index contributed by atoms with van der Waals surface area (Å²) in [7, 11) is 0. The lowest BCUT2D eigenvalue weighted by molar-refractivity contribution is -0.235. The molecule has 0 unspecified atom stereocenters. The molecule has 0 aromatic carbocycles. The summed E-state index contributed by atoms with van der Waals surface area (Å²) in [5.74, 6) is -0.322. The third-order valence-corrected chi connectivity index (χ3v) is 2.67. The van der Waals surface area contributed by atoms with Crippen LogP contribution in [0.25, 0.3) is 0 Å². The Labute approximate surface area is 99.0 Å². The van der Waals surface area contributed by atoms with Gasteiger partial charge in [0.05, 0.1) is 6.61 Å². The molecule has 7 heteroatoms. The molecule has 1 rings (SSSR count). The molecule has 100 valence electrons. The molecule has 0 saturated carbocycles. The van der Waals surface area contributed by atoms with E-state index < -0.39 is 37.3 Å². The Morgan fingerprint density at radius 1 is 1.24 bits per heavy atom. The van der Waals surface area contributed by atoms with Crippen LogP contribution < -0.4 is 5.32 Å². The highest BCUT2D eigenvalue weighted by atomic mass is 16.6. The summed E-state index contributed by atoms with van der Waals surface area (Å²) in [6, 6.07) is 0. The van der Waals surface area contributed by atoms with Gasteiger partial charge in [0, 0.05) is 6.42 Å². The van der Waals surface area contributed by atoms with E-state index >= 15 is 0 Å². The van der Waals surface area contributed by atoms with Gasteiger partial charge in [-0.1, -0.05) is 6.92 Å². The minimum absolute atomic E-state index is 0.273. The summed E-state index contributed by atoms with van der Waals surface area (Å²) >= 11 is 0. The van der Waals surface area contributed by atoms with E-state index in [4.69, 9.17) is 9.84 Å². The van der Waals surface area contributed by atoms with Crippen LogP contribution in [-0.2, 0) is 9.53 Å². The molecule has 1 fully saturated rings. The molecule has 1 amide bonds. The van der Waals surface area contributed by atoms with Gasteiger partial charge in [-0.15, -0.1) is 0 Å². The van der Waals surface area contributed by atoms with Crippen LogP contribution >= 0.6 is 0 Å². The van der Waals surface area contributed by atoms with Crippen LogP contribution in [0.5, 0.6) is 0 Å². The van der Waals surface area contributed by atoms with Crippen molar-refractivity contribution < 1.29 is 30.0 Å². The minimum atomic E-state index is -1.46. The number of aliphatic hydroxyl groups excluding tert-OH is 4. The molecule has 5 N–H and O–H groups in total. The van der Waals surface area contributed by atoms with Gasteiger partial charge >= 0.3 is 0 Å². The van der Waals surface area contributed by atoms with Crippen LogP contribution in [0.2, 0.25) is 0 Å². The SMILES string of the molecule is CCCC(=O)N[C@H]1O[C@@H](CO)[C@H](O)[C@@H](O)[C@@H]1O. The fraction of sp³-hybridized carbons (Fsp3) is 0.900. The quantitative estimate of drug-likeness (QED) is 0.382. The van der Waals surface area contributed by atoms with E-state index in [9.17, 15) is 20.1 Å². The van der Waals surface area contributed by atoms with Gasteiger partial charge in [-0.2, -0.15) is 0 Å². The Morgan fingerprint density at radius 2 is 1.88 bits per heavy atom. The summed E-state index contributed by atoms with van der Waals surface area (Å²) in [5, 5.41) is 39.9. The molecule has 5 atom stereocenters. The topological polar surface area (TPSA) is 119 Å². The average molecular weight is 249 g/mol. The molecule has 0 aromatic heterocycles. The highest BCUT2D eigenvalue weighted by Gasteiger charge is 2.43. The number of carbonyl (C=O) groups is 1. The first-order valence-corrected chi connectivity index (χ1v) is 5.61. The van der Waals surface area contributed by atoms with Crippen molar-refractivity contribution in [2.75, 3.05) is 6.61 Å². The molecule has 0 aliphatic carbocycles. The van der Waals surface area contributed by atoms with E-state index in [-0.39, 0.29) is 12.3 Å². The van der Waals surface area contributed by atoms with Gasteiger partial charge in [0.15, 0.2) is 6.23 Å². The highest BCUT2D eigenvalue weighted by Crippen LogP contribution is 2.19. The maximum atomic E-state index is 11.3. The van der Waals surface area contributed by atoms with Crippen LogP contribution in [0.15, 0.2) is 0 Å². The van der Waals surface area contributed by atoms with E-state index in [2.05, 4.69) is 5.32 Å². The number of rotatable bonds is 4. The number of aliphatic hydroxyl groups is 4. The Kier molecular flexibility index (Phi) is 5.29. The van der Waals surface area contributed by atoms with Crippen LogP contribution in [0.3, 0.4) is 0 Å². The van der Waals surface area contributed by atoms with Gasteiger partial charge in [0.25, 0.3) is 0 Å². The summed E-state index contributed by atoms with van der Waals surface area (Å²) in [5.41, 5.74) is 0. The third kappa shape index (κ3) is 3.36. The van der Waals surface area contributed by atoms with E-state index in [1.54, 1.807) is 0 Å². The first kappa shape index (κ1) is 14.3. The second kappa shape index (κ2) is 6.27. The number of nitrogens with one attached hydrogen (secondary N) is 1. The summed E-state index contributed by atoms with van der Waals surface area (Å²) in [4.78, 5) is 11.3. The predicted octanol–water partition coefficient (Wildman–Crippen LogP) is -2.30.